The molecule has 0 saturated carbocycles. The first-order valence-corrected chi connectivity index (χ1v) is 8.93. The van der Waals surface area contributed by atoms with Crippen molar-refractivity contribution in [1.82, 2.24) is 5.32 Å². The van der Waals surface area contributed by atoms with Gasteiger partial charge in [-0.15, -0.1) is 0 Å². The van der Waals surface area contributed by atoms with Crippen LogP contribution in [0.2, 0.25) is 0 Å². The second-order valence-electron chi connectivity index (χ2n) is 5.94. The third-order valence-corrected chi connectivity index (χ3v) is 4.19. The van der Waals surface area contributed by atoms with Crippen molar-refractivity contribution < 1.29 is 28.5 Å². The smallest absolute Gasteiger partial charge is 0.261 e. The van der Waals surface area contributed by atoms with Crippen molar-refractivity contribution >= 4 is 5.91 Å². The van der Waals surface area contributed by atoms with Crippen LogP contribution in [0.1, 0.15) is 18.9 Å². The van der Waals surface area contributed by atoms with Crippen molar-refractivity contribution in [1.29, 1.82) is 0 Å². The van der Waals surface area contributed by atoms with E-state index in [-0.39, 0.29) is 5.91 Å². The number of hydrogen-bond donors (Lipinski definition) is 1. The molecule has 1 N–H and O–H groups in total. The van der Waals surface area contributed by atoms with E-state index in [0.717, 1.165) is 11.3 Å². The molecule has 0 bridgehead atoms. The molecule has 1 atom stereocenters. The highest BCUT2D eigenvalue weighted by molar-refractivity contribution is 5.81. The van der Waals surface area contributed by atoms with E-state index in [9.17, 15) is 4.79 Å². The van der Waals surface area contributed by atoms with E-state index in [1.54, 1.807) is 64.8 Å². The fourth-order valence-corrected chi connectivity index (χ4v) is 2.68. The summed E-state index contributed by atoms with van der Waals surface area (Å²) in [4.78, 5) is 12.6. The summed E-state index contributed by atoms with van der Waals surface area (Å²) < 4.78 is 26.9. The Morgan fingerprint density at radius 2 is 1.46 bits per heavy atom. The van der Waals surface area contributed by atoms with Crippen molar-refractivity contribution in [3.8, 4) is 28.7 Å². The number of nitrogens with one attached hydrogen (secondary N) is 1. The van der Waals surface area contributed by atoms with Crippen molar-refractivity contribution in [2.75, 3.05) is 28.4 Å². The fraction of sp³-hybridized carbons (Fsp3) is 0.381. The molecular formula is C21H27NO6. The van der Waals surface area contributed by atoms with Gasteiger partial charge >= 0.3 is 0 Å². The Hall–Kier alpha value is -3.09. The van der Waals surface area contributed by atoms with E-state index in [1.807, 2.05) is 6.92 Å². The van der Waals surface area contributed by atoms with Crippen LogP contribution in [-0.4, -0.2) is 40.5 Å². The summed E-state index contributed by atoms with van der Waals surface area (Å²) in [7, 11) is 6.25. The predicted octanol–water partition coefficient (Wildman–Crippen LogP) is 3.19. The normalized spacial score (nSPS) is 11.3. The third kappa shape index (κ3) is 5.22. The number of methoxy groups -OCH3 is 4. The highest BCUT2D eigenvalue weighted by Gasteiger charge is 2.19. The maximum Gasteiger partial charge on any atom is 0.261 e. The van der Waals surface area contributed by atoms with Gasteiger partial charge in [0, 0.05) is 6.54 Å². The second-order valence-corrected chi connectivity index (χ2v) is 5.94. The standard InChI is InChI=1S/C21H27NO6/c1-6-17(28-16-9-7-15(24-2)8-10-16)21(23)22-13-14-11-18(25-3)20(27-5)19(12-14)26-4/h7-12,17H,6,13H2,1-5H3,(H,22,23). The average molecular weight is 389 g/mol. The van der Waals surface area contributed by atoms with Gasteiger partial charge in [-0.05, 0) is 48.4 Å². The molecule has 0 saturated heterocycles. The van der Waals surface area contributed by atoms with Gasteiger partial charge in [-0.25, -0.2) is 0 Å². The minimum absolute atomic E-state index is 0.202. The molecule has 2 aromatic carbocycles. The Kier molecular flexibility index (Phi) is 7.80. The summed E-state index contributed by atoms with van der Waals surface area (Å²) in [6.45, 7) is 2.20. The van der Waals surface area contributed by atoms with Crippen molar-refractivity contribution in [2.24, 2.45) is 0 Å². The zero-order chi connectivity index (χ0) is 20.5. The first-order chi connectivity index (χ1) is 13.6. The minimum Gasteiger partial charge on any atom is -0.497 e. The highest BCUT2D eigenvalue weighted by Crippen LogP contribution is 2.38. The zero-order valence-corrected chi connectivity index (χ0v) is 16.9. The Balaban J connectivity index is 2.04. The van der Waals surface area contributed by atoms with Gasteiger partial charge in [-0.2, -0.15) is 0 Å². The molecule has 0 spiro atoms. The molecule has 7 heteroatoms. The molecule has 0 aromatic heterocycles. The molecule has 0 radical (unpaired) electrons. The molecule has 0 aliphatic heterocycles. The first kappa shape index (κ1) is 21.2. The lowest BCUT2D eigenvalue weighted by Crippen LogP contribution is -2.37. The number of benzene rings is 2. The lowest BCUT2D eigenvalue weighted by Gasteiger charge is -2.18. The lowest BCUT2D eigenvalue weighted by molar-refractivity contribution is -0.128. The Morgan fingerprint density at radius 3 is 1.93 bits per heavy atom. The average Bonchev–Trinajstić information content (AvgIpc) is 2.75. The predicted molar refractivity (Wildman–Crippen MR) is 106 cm³/mol. The number of amides is 1. The topological polar surface area (TPSA) is 75.3 Å². The van der Waals surface area contributed by atoms with Gasteiger partial charge in [0.2, 0.25) is 5.75 Å². The summed E-state index contributed by atoms with van der Waals surface area (Å²) in [5.41, 5.74) is 0.821. The summed E-state index contributed by atoms with van der Waals surface area (Å²) in [6, 6.07) is 10.7. The van der Waals surface area contributed by atoms with Crippen LogP contribution in [0.5, 0.6) is 28.7 Å². The molecule has 0 aliphatic rings. The van der Waals surface area contributed by atoms with E-state index in [0.29, 0.717) is 36.0 Å². The van der Waals surface area contributed by atoms with E-state index in [2.05, 4.69) is 5.32 Å². The molecule has 2 rings (SSSR count). The number of ether oxygens (including phenoxy) is 5. The van der Waals surface area contributed by atoms with Crippen LogP contribution in [-0.2, 0) is 11.3 Å². The molecule has 28 heavy (non-hydrogen) atoms. The van der Waals surface area contributed by atoms with Gasteiger partial charge in [-0.1, -0.05) is 6.92 Å². The van der Waals surface area contributed by atoms with Crippen LogP contribution in [0.25, 0.3) is 0 Å². The van der Waals surface area contributed by atoms with Gasteiger partial charge in [-0.3, -0.25) is 4.79 Å². The number of carbonyl (C=O) groups excluding carboxylic acids is 1. The summed E-state index contributed by atoms with van der Waals surface area (Å²) in [6.07, 6.45) is -0.0666. The van der Waals surface area contributed by atoms with Crippen LogP contribution < -0.4 is 29.0 Å². The maximum atomic E-state index is 12.6. The number of rotatable bonds is 10. The Morgan fingerprint density at radius 1 is 0.893 bits per heavy atom. The maximum absolute atomic E-state index is 12.6. The third-order valence-electron chi connectivity index (χ3n) is 4.19. The Bertz CT molecular complexity index is 750. The van der Waals surface area contributed by atoms with Crippen molar-refractivity contribution in [3.63, 3.8) is 0 Å². The second kappa shape index (κ2) is 10.3. The fourth-order valence-electron chi connectivity index (χ4n) is 2.68. The molecule has 0 heterocycles. The molecule has 1 amide bonds. The quantitative estimate of drug-likeness (QED) is 0.673. The monoisotopic (exact) mass is 389 g/mol. The molecular weight excluding hydrogens is 362 g/mol. The molecule has 152 valence electrons. The molecule has 0 fully saturated rings. The van der Waals surface area contributed by atoms with Gasteiger partial charge in [0.25, 0.3) is 5.91 Å². The largest absolute Gasteiger partial charge is 0.497 e. The van der Waals surface area contributed by atoms with Crippen molar-refractivity contribution in [2.45, 2.75) is 26.0 Å². The van der Waals surface area contributed by atoms with E-state index in [1.165, 1.54) is 0 Å². The van der Waals surface area contributed by atoms with Crippen LogP contribution in [0, 0.1) is 0 Å². The number of carbonyl (C=O) groups is 1. The van der Waals surface area contributed by atoms with Gasteiger partial charge in [0.1, 0.15) is 11.5 Å². The van der Waals surface area contributed by atoms with E-state index in [4.69, 9.17) is 23.7 Å². The van der Waals surface area contributed by atoms with Gasteiger partial charge < -0.3 is 29.0 Å². The van der Waals surface area contributed by atoms with Crippen LogP contribution in [0.15, 0.2) is 36.4 Å². The molecule has 1 unspecified atom stereocenters. The SMILES string of the molecule is CCC(Oc1ccc(OC)cc1)C(=O)NCc1cc(OC)c(OC)c(OC)c1. The van der Waals surface area contributed by atoms with E-state index >= 15 is 0 Å². The van der Waals surface area contributed by atoms with Crippen LogP contribution in [0.4, 0.5) is 0 Å². The summed E-state index contributed by atoms with van der Waals surface area (Å²) in [5, 5.41) is 2.89. The van der Waals surface area contributed by atoms with Gasteiger partial charge in [0.05, 0.1) is 28.4 Å². The first-order valence-electron chi connectivity index (χ1n) is 8.93. The van der Waals surface area contributed by atoms with Crippen molar-refractivity contribution in [3.05, 3.63) is 42.0 Å². The van der Waals surface area contributed by atoms with E-state index < -0.39 is 6.10 Å². The molecule has 7 nitrogen and oxygen atoms in total. The van der Waals surface area contributed by atoms with Crippen LogP contribution >= 0.6 is 0 Å². The van der Waals surface area contributed by atoms with Crippen LogP contribution in [0.3, 0.4) is 0 Å². The number of hydrogen-bond acceptors (Lipinski definition) is 6. The highest BCUT2D eigenvalue weighted by atomic mass is 16.5. The molecule has 0 aliphatic carbocycles. The molecule has 2 aromatic rings. The summed E-state index contributed by atoms with van der Waals surface area (Å²) >= 11 is 0. The zero-order valence-electron chi connectivity index (χ0n) is 16.9. The van der Waals surface area contributed by atoms with Gasteiger partial charge in [0.15, 0.2) is 17.6 Å². The lowest BCUT2D eigenvalue weighted by atomic mass is 10.1. The summed E-state index contributed by atoms with van der Waals surface area (Å²) in [5.74, 6) is 2.71. The Labute approximate surface area is 165 Å². The minimum atomic E-state index is -0.601.